The third kappa shape index (κ3) is 3.53. The van der Waals surface area contributed by atoms with E-state index in [-0.39, 0.29) is 10.7 Å². The number of hydrogen-bond acceptors (Lipinski definition) is 3. The Kier molecular flexibility index (Phi) is 4.91. The first kappa shape index (κ1) is 18.7. The van der Waals surface area contributed by atoms with Crippen LogP contribution in [0, 0.1) is 5.82 Å². The lowest BCUT2D eigenvalue weighted by molar-refractivity contribution is 0.371. The van der Waals surface area contributed by atoms with Crippen LogP contribution in [0.1, 0.15) is 23.6 Å². The molecule has 4 nitrogen and oxygen atoms in total. The maximum atomic E-state index is 13.4. The van der Waals surface area contributed by atoms with Crippen LogP contribution < -0.4 is 0 Å². The van der Waals surface area contributed by atoms with Crippen molar-refractivity contribution in [3.63, 3.8) is 0 Å². The van der Waals surface area contributed by atoms with E-state index in [1.165, 1.54) is 36.4 Å². The van der Waals surface area contributed by atoms with E-state index in [1.54, 1.807) is 12.1 Å². The van der Waals surface area contributed by atoms with Gasteiger partial charge in [-0.15, -0.1) is 0 Å². The van der Waals surface area contributed by atoms with Crippen LogP contribution in [0.4, 0.5) is 4.39 Å². The molecule has 1 aliphatic heterocycles. The minimum absolute atomic E-state index is 0.0991. The third-order valence-corrected chi connectivity index (χ3v) is 6.54. The van der Waals surface area contributed by atoms with Crippen molar-refractivity contribution in [2.24, 2.45) is 5.10 Å². The second-order valence-corrected chi connectivity index (χ2v) is 8.65. The Morgan fingerprint density at radius 3 is 2.21 bits per heavy atom. The minimum Gasteiger partial charge on any atom is -0.207 e. The summed E-state index contributed by atoms with van der Waals surface area (Å²) >= 11 is 5.89. The molecule has 28 heavy (non-hydrogen) atoms. The van der Waals surface area contributed by atoms with Gasteiger partial charge in [0, 0.05) is 11.4 Å². The molecule has 0 bridgehead atoms. The van der Waals surface area contributed by atoms with Gasteiger partial charge >= 0.3 is 0 Å². The Morgan fingerprint density at radius 2 is 1.57 bits per heavy atom. The highest BCUT2D eigenvalue weighted by Gasteiger charge is 2.37. The van der Waals surface area contributed by atoms with Gasteiger partial charge in [0.1, 0.15) is 5.82 Å². The van der Waals surface area contributed by atoms with Crippen LogP contribution in [0.25, 0.3) is 0 Å². The average Bonchev–Trinajstić information content (AvgIpc) is 3.16. The zero-order chi connectivity index (χ0) is 19.7. The normalized spacial score (nSPS) is 16.9. The fourth-order valence-electron chi connectivity index (χ4n) is 3.16. The monoisotopic (exact) mass is 414 g/mol. The van der Waals surface area contributed by atoms with E-state index < -0.39 is 16.1 Å². The Balaban J connectivity index is 1.79. The number of benzene rings is 3. The molecule has 0 saturated carbocycles. The highest BCUT2D eigenvalue weighted by Crippen LogP contribution is 2.37. The number of hydrogen-bond donors (Lipinski definition) is 0. The van der Waals surface area contributed by atoms with Crippen molar-refractivity contribution in [2.75, 3.05) is 0 Å². The summed E-state index contributed by atoms with van der Waals surface area (Å²) in [7, 11) is -3.91. The Morgan fingerprint density at radius 1 is 0.929 bits per heavy atom. The van der Waals surface area contributed by atoms with Crippen molar-refractivity contribution in [2.45, 2.75) is 17.4 Å². The topological polar surface area (TPSA) is 49.7 Å². The Bertz CT molecular complexity index is 1120. The van der Waals surface area contributed by atoms with Crippen LogP contribution >= 0.6 is 11.6 Å². The van der Waals surface area contributed by atoms with Crippen LogP contribution in [0.2, 0.25) is 5.02 Å². The average molecular weight is 415 g/mol. The van der Waals surface area contributed by atoms with Gasteiger partial charge in [0.2, 0.25) is 0 Å². The SMILES string of the molecule is O=S(=O)(c1ccc(Cl)cc1)N1N=C(c2ccccc2)CC1c1ccc(F)cc1. The largest absolute Gasteiger partial charge is 0.279 e. The molecule has 0 saturated heterocycles. The quantitative estimate of drug-likeness (QED) is 0.602. The van der Waals surface area contributed by atoms with E-state index in [0.29, 0.717) is 22.7 Å². The lowest BCUT2D eigenvalue weighted by Crippen LogP contribution is -2.27. The summed E-state index contributed by atoms with van der Waals surface area (Å²) in [6, 6.07) is 20.6. The highest BCUT2D eigenvalue weighted by atomic mass is 35.5. The molecule has 7 heteroatoms. The molecule has 0 radical (unpaired) electrons. The van der Waals surface area contributed by atoms with E-state index in [9.17, 15) is 12.8 Å². The number of rotatable bonds is 4. The van der Waals surface area contributed by atoms with E-state index in [0.717, 1.165) is 9.98 Å². The smallest absolute Gasteiger partial charge is 0.207 e. The third-order valence-electron chi connectivity index (χ3n) is 4.59. The summed E-state index contributed by atoms with van der Waals surface area (Å²) in [6.45, 7) is 0. The fraction of sp³-hybridized carbons (Fsp3) is 0.0952. The molecule has 4 rings (SSSR count). The van der Waals surface area contributed by atoms with Crippen molar-refractivity contribution in [3.8, 4) is 0 Å². The van der Waals surface area contributed by atoms with Crippen LogP contribution in [0.3, 0.4) is 0 Å². The molecule has 3 aromatic carbocycles. The number of sulfonamides is 1. The molecule has 1 heterocycles. The number of hydrazone groups is 1. The van der Waals surface area contributed by atoms with Crippen LogP contribution in [-0.4, -0.2) is 18.5 Å². The molecule has 0 amide bonds. The molecular formula is C21H16ClFN2O2S. The van der Waals surface area contributed by atoms with Crippen LogP contribution in [0.15, 0.2) is 88.9 Å². The second kappa shape index (κ2) is 7.37. The van der Waals surface area contributed by atoms with E-state index in [1.807, 2.05) is 30.3 Å². The van der Waals surface area contributed by atoms with Gasteiger partial charge in [0.05, 0.1) is 16.6 Å². The summed E-state index contributed by atoms with van der Waals surface area (Å²) in [5, 5.41) is 4.89. The predicted molar refractivity (Wildman–Crippen MR) is 107 cm³/mol. The summed E-state index contributed by atoms with van der Waals surface area (Å²) in [5.41, 5.74) is 2.18. The lowest BCUT2D eigenvalue weighted by Gasteiger charge is -2.23. The molecule has 3 aromatic rings. The fourth-order valence-corrected chi connectivity index (χ4v) is 4.72. The van der Waals surface area contributed by atoms with Crippen molar-refractivity contribution in [1.29, 1.82) is 0 Å². The molecule has 142 valence electrons. The summed E-state index contributed by atoms with van der Waals surface area (Å²) < 4.78 is 41.0. The standard InChI is InChI=1S/C21H16ClFN2O2S/c22-17-8-12-19(13-9-17)28(26,27)25-21(16-6-10-18(23)11-7-16)14-20(24-25)15-4-2-1-3-5-15/h1-13,21H,14H2. The highest BCUT2D eigenvalue weighted by molar-refractivity contribution is 7.89. The van der Waals surface area contributed by atoms with Gasteiger partial charge in [0.25, 0.3) is 10.0 Å². The zero-order valence-electron chi connectivity index (χ0n) is 14.7. The Hall–Kier alpha value is -2.70. The van der Waals surface area contributed by atoms with Crippen molar-refractivity contribution in [3.05, 3.63) is 101 Å². The summed E-state index contributed by atoms with van der Waals surface area (Å²) in [4.78, 5) is 0.0991. The lowest BCUT2D eigenvalue weighted by atomic mass is 9.99. The van der Waals surface area contributed by atoms with Crippen molar-refractivity contribution >= 4 is 27.3 Å². The predicted octanol–water partition coefficient (Wildman–Crippen LogP) is 5.02. The van der Waals surface area contributed by atoms with Crippen LogP contribution in [0.5, 0.6) is 0 Å². The van der Waals surface area contributed by atoms with E-state index >= 15 is 0 Å². The van der Waals surface area contributed by atoms with Crippen molar-refractivity contribution in [1.82, 2.24) is 4.41 Å². The van der Waals surface area contributed by atoms with E-state index in [2.05, 4.69) is 5.10 Å². The maximum absolute atomic E-state index is 13.4. The molecule has 0 aromatic heterocycles. The van der Waals surface area contributed by atoms with Gasteiger partial charge < -0.3 is 0 Å². The molecule has 0 spiro atoms. The zero-order valence-corrected chi connectivity index (χ0v) is 16.2. The summed E-state index contributed by atoms with van der Waals surface area (Å²) in [5.74, 6) is -0.377. The Labute approximate surface area is 167 Å². The summed E-state index contributed by atoms with van der Waals surface area (Å²) in [6.07, 6.45) is 0.391. The molecule has 1 unspecified atom stereocenters. The van der Waals surface area contributed by atoms with Crippen molar-refractivity contribution < 1.29 is 12.8 Å². The van der Waals surface area contributed by atoms with Crippen LogP contribution in [-0.2, 0) is 10.0 Å². The van der Waals surface area contributed by atoms with Gasteiger partial charge in [-0.25, -0.2) is 4.39 Å². The first-order valence-electron chi connectivity index (χ1n) is 8.63. The molecule has 1 atom stereocenters. The molecular weight excluding hydrogens is 399 g/mol. The van der Waals surface area contributed by atoms with Gasteiger partial charge in [-0.1, -0.05) is 54.1 Å². The first-order chi connectivity index (χ1) is 13.4. The number of nitrogens with zero attached hydrogens (tertiary/aromatic N) is 2. The second-order valence-electron chi connectivity index (χ2n) is 6.42. The maximum Gasteiger partial charge on any atom is 0.279 e. The first-order valence-corrected chi connectivity index (χ1v) is 10.5. The molecule has 0 N–H and O–H groups in total. The van der Waals surface area contributed by atoms with Gasteiger partial charge in [0.15, 0.2) is 0 Å². The van der Waals surface area contributed by atoms with Gasteiger partial charge in [-0.2, -0.15) is 17.9 Å². The molecule has 0 fully saturated rings. The molecule has 1 aliphatic rings. The minimum atomic E-state index is -3.91. The van der Waals surface area contributed by atoms with Gasteiger partial charge in [-0.3, -0.25) is 0 Å². The van der Waals surface area contributed by atoms with Gasteiger partial charge in [-0.05, 0) is 47.5 Å². The number of halogens is 2. The molecule has 0 aliphatic carbocycles. The van der Waals surface area contributed by atoms with E-state index in [4.69, 9.17) is 11.6 Å².